The molecule has 1 N–H and O–H groups in total. The average molecular weight is 515 g/mol. The van der Waals surface area contributed by atoms with Crippen molar-refractivity contribution < 1.29 is 22.7 Å². The fourth-order valence-corrected chi connectivity index (χ4v) is 5.95. The number of ether oxygens (including phenoxy) is 2. The number of benzene rings is 2. The van der Waals surface area contributed by atoms with Gasteiger partial charge in [-0.25, -0.2) is 12.7 Å². The van der Waals surface area contributed by atoms with Crippen LogP contribution in [-0.4, -0.2) is 51.5 Å². The van der Waals surface area contributed by atoms with Crippen LogP contribution in [0.5, 0.6) is 11.5 Å². The highest BCUT2D eigenvalue weighted by atomic mass is 35.5. The van der Waals surface area contributed by atoms with Gasteiger partial charge in [-0.3, -0.25) is 4.79 Å². The predicted molar refractivity (Wildman–Crippen MR) is 129 cm³/mol. The molecular formula is C23H28Cl2N2O5S. The van der Waals surface area contributed by atoms with Gasteiger partial charge in [-0.05, 0) is 56.2 Å². The van der Waals surface area contributed by atoms with Crippen molar-refractivity contribution in [1.82, 2.24) is 9.62 Å². The Morgan fingerprint density at radius 2 is 1.67 bits per heavy atom. The van der Waals surface area contributed by atoms with Crippen LogP contribution in [0.3, 0.4) is 0 Å². The summed E-state index contributed by atoms with van der Waals surface area (Å²) in [7, 11) is -2.00. The summed E-state index contributed by atoms with van der Waals surface area (Å²) in [6, 6.07) is 11.9. The van der Waals surface area contributed by atoms with E-state index in [0.29, 0.717) is 40.8 Å². The molecule has 0 bridgehead atoms. The van der Waals surface area contributed by atoms with Gasteiger partial charge in [0.1, 0.15) is 18.1 Å². The summed E-state index contributed by atoms with van der Waals surface area (Å²) in [6.45, 7) is 2.75. The van der Waals surface area contributed by atoms with Crippen molar-refractivity contribution >= 4 is 39.1 Å². The molecule has 0 radical (unpaired) electrons. The Kier molecular flexibility index (Phi) is 8.87. The summed E-state index contributed by atoms with van der Waals surface area (Å²) in [4.78, 5) is 12.7. The lowest BCUT2D eigenvalue weighted by atomic mass is 9.97. The number of piperidine rings is 1. The summed E-state index contributed by atoms with van der Waals surface area (Å²) in [5.41, 5.74) is 0.395. The molecule has 3 rings (SSSR count). The van der Waals surface area contributed by atoms with Crippen molar-refractivity contribution in [2.45, 2.75) is 31.6 Å². The monoisotopic (exact) mass is 514 g/mol. The molecule has 1 aliphatic heterocycles. The minimum atomic E-state index is -3.59. The number of hydrogen-bond acceptors (Lipinski definition) is 5. The van der Waals surface area contributed by atoms with Gasteiger partial charge in [0.25, 0.3) is 0 Å². The third-order valence-corrected chi connectivity index (χ3v) is 8.07. The van der Waals surface area contributed by atoms with Crippen molar-refractivity contribution in [3.05, 3.63) is 58.1 Å². The van der Waals surface area contributed by atoms with Crippen LogP contribution in [-0.2, 0) is 20.6 Å². The Bertz CT molecular complexity index is 1030. The molecule has 0 saturated carbocycles. The molecule has 1 saturated heterocycles. The van der Waals surface area contributed by atoms with Crippen LogP contribution < -0.4 is 14.8 Å². The second kappa shape index (κ2) is 11.4. The molecule has 0 aliphatic carbocycles. The molecule has 0 aromatic heterocycles. The van der Waals surface area contributed by atoms with Gasteiger partial charge in [0.15, 0.2) is 0 Å². The SMILES string of the molecule is COc1ccc(OC[C@@H](C)NC(=O)C2CCN(S(=O)(=O)Cc3c(Cl)cccc3Cl)CC2)cc1. The maximum atomic E-state index is 12.9. The topological polar surface area (TPSA) is 84.9 Å². The second-order valence-corrected chi connectivity index (χ2v) is 10.8. The van der Waals surface area contributed by atoms with Crippen LogP contribution in [0.4, 0.5) is 0 Å². The number of carbonyl (C=O) groups excluding carboxylic acids is 1. The van der Waals surface area contributed by atoms with E-state index in [1.807, 2.05) is 6.92 Å². The third kappa shape index (κ3) is 6.99. The summed E-state index contributed by atoms with van der Waals surface area (Å²) < 4.78 is 38.0. The first-order valence-electron chi connectivity index (χ1n) is 10.7. The number of sulfonamides is 1. The van der Waals surface area contributed by atoms with Gasteiger partial charge < -0.3 is 14.8 Å². The van der Waals surface area contributed by atoms with Crippen molar-refractivity contribution in [1.29, 1.82) is 0 Å². The largest absolute Gasteiger partial charge is 0.497 e. The Balaban J connectivity index is 1.46. The minimum absolute atomic E-state index is 0.0907. The van der Waals surface area contributed by atoms with Crippen LogP contribution in [0.15, 0.2) is 42.5 Å². The van der Waals surface area contributed by atoms with Gasteiger partial charge in [0.2, 0.25) is 15.9 Å². The molecule has 1 atom stereocenters. The summed E-state index contributed by atoms with van der Waals surface area (Å²) in [5, 5.41) is 3.61. The summed E-state index contributed by atoms with van der Waals surface area (Å²) in [6.07, 6.45) is 0.904. The van der Waals surface area contributed by atoms with Crippen molar-refractivity contribution in [2.24, 2.45) is 5.92 Å². The molecule has 0 spiro atoms. The molecule has 1 amide bonds. The first-order valence-corrected chi connectivity index (χ1v) is 13.0. The first kappa shape index (κ1) is 25.6. The van der Waals surface area contributed by atoms with E-state index in [2.05, 4.69) is 5.32 Å². The van der Waals surface area contributed by atoms with Crippen LogP contribution >= 0.6 is 23.2 Å². The fraction of sp³-hybridized carbons (Fsp3) is 0.435. The Hall–Kier alpha value is -2.00. The van der Waals surface area contributed by atoms with Gasteiger partial charge in [0, 0.05) is 34.6 Å². The number of amides is 1. The zero-order valence-electron chi connectivity index (χ0n) is 18.6. The molecule has 2 aromatic rings. The van der Waals surface area contributed by atoms with E-state index in [9.17, 15) is 13.2 Å². The van der Waals surface area contributed by atoms with Crippen molar-refractivity contribution in [3.63, 3.8) is 0 Å². The first-order chi connectivity index (χ1) is 15.7. The Morgan fingerprint density at radius 1 is 1.09 bits per heavy atom. The molecule has 7 nitrogen and oxygen atoms in total. The number of halogens is 2. The Morgan fingerprint density at radius 3 is 2.24 bits per heavy atom. The zero-order chi connectivity index (χ0) is 24.0. The normalized spacial score (nSPS) is 16.2. The van der Waals surface area contributed by atoms with E-state index in [1.165, 1.54) is 4.31 Å². The van der Waals surface area contributed by atoms with E-state index in [-0.39, 0.29) is 36.7 Å². The highest BCUT2D eigenvalue weighted by molar-refractivity contribution is 7.88. The lowest BCUT2D eigenvalue weighted by Crippen LogP contribution is -2.46. The van der Waals surface area contributed by atoms with E-state index in [4.69, 9.17) is 32.7 Å². The number of carbonyl (C=O) groups is 1. The minimum Gasteiger partial charge on any atom is -0.497 e. The van der Waals surface area contributed by atoms with Crippen molar-refractivity contribution in [2.75, 3.05) is 26.8 Å². The highest BCUT2D eigenvalue weighted by Crippen LogP contribution is 2.29. The number of rotatable bonds is 9. The van der Waals surface area contributed by atoms with Gasteiger partial charge in [-0.2, -0.15) is 0 Å². The maximum absolute atomic E-state index is 12.9. The van der Waals surface area contributed by atoms with Crippen LogP contribution in [0.2, 0.25) is 10.0 Å². The number of nitrogens with zero attached hydrogens (tertiary/aromatic N) is 1. The van der Waals surface area contributed by atoms with E-state index >= 15 is 0 Å². The third-order valence-electron chi connectivity index (χ3n) is 5.55. The quantitative estimate of drug-likeness (QED) is 0.543. The number of nitrogens with one attached hydrogen (secondary N) is 1. The highest BCUT2D eigenvalue weighted by Gasteiger charge is 2.32. The molecule has 2 aromatic carbocycles. The lowest BCUT2D eigenvalue weighted by Gasteiger charge is -2.31. The molecule has 180 valence electrons. The molecule has 0 unspecified atom stereocenters. The molecule has 1 heterocycles. The van der Waals surface area contributed by atoms with Crippen LogP contribution in [0.25, 0.3) is 0 Å². The zero-order valence-corrected chi connectivity index (χ0v) is 20.9. The Labute approximate surface area is 205 Å². The van der Waals surface area contributed by atoms with E-state index in [1.54, 1.807) is 49.6 Å². The number of methoxy groups -OCH3 is 1. The van der Waals surface area contributed by atoms with Crippen LogP contribution in [0, 0.1) is 5.92 Å². The van der Waals surface area contributed by atoms with Gasteiger partial charge in [-0.15, -0.1) is 0 Å². The molecule has 33 heavy (non-hydrogen) atoms. The molecule has 1 aliphatic rings. The maximum Gasteiger partial charge on any atom is 0.223 e. The van der Waals surface area contributed by atoms with Crippen molar-refractivity contribution in [3.8, 4) is 11.5 Å². The fourth-order valence-electron chi connectivity index (χ4n) is 3.64. The second-order valence-electron chi connectivity index (χ2n) is 8.03. The van der Waals surface area contributed by atoms with Gasteiger partial charge in [-0.1, -0.05) is 29.3 Å². The molecular weight excluding hydrogens is 487 g/mol. The predicted octanol–water partition coefficient (Wildman–Crippen LogP) is 4.13. The summed E-state index contributed by atoms with van der Waals surface area (Å²) >= 11 is 12.3. The standard InChI is InChI=1S/C23H28Cl2N2O5S/c1-16(14-32-19-8-6-18(31-2)7-9-19)26-23(28)17-10-12-27(13-11-17)33(29,30)15-20-21(24)4-3-5-22(20)25/h3-9,16-17H,10-15H2,1-2H3,(H,26,28)/t16-/m1/s1. The smallest absolute Gasteiger partial charge is 0.223 e. The average Bonchev–Trinajstić information content (AvgIpc) is 2.80. The van der Waals surface area contributed by atoms with Gasteiger partial charge in [0.05, 0.1) is 18.9 Å². The van der Waals surface area contributed by atoms with E-state index < -0.39 is 10.0 Å². The van der Waals surface area contributed by atoms with Gasteiger partial charge >= 0.3 is 0 Å². The lowest BCUT2D eigenvalue weighted by molar-refractivity contribution is -0.126. The molecule has 1 fully saturated rings. The summed E-state index contributed by atoms with van der Waals surface area (Å²) in [5.74, 6) is 0.833. The molecule has 10 heteroatoms. The van der Waals surface area contributed by atoms with Crippen LogP contribution in [0.1, 0.15) is 25.3 Å². The van der Waals surface area contributed by atoms with E-state index in [0.717, 1.165) is 5.75 Å². The number of hydrogen-bond donors (Lipinski definition) is 1.